The Morgan fingerprint density at radius 3 is 2.42 bits per heavy atom. The lowest BCUT2D eigenvalue weighted by molar-refractivity contribution is -0.141. The third-order valence-electron chi connectivity index (χ3n) is 9.96. The van der Waals surface area contributed by atoms with Gasteiger partial charge >= 0.3 is 24.4 Å². The maximum absolute atomic E-state index is 13.7. The molecule has 1 aromatic heterocycles. The van der Waals surface area contributed by atoms with Crippen molar-refractivity contribution >= 4 is 17.9 Å². The van der Waals surface area contributed by atoms with E-state index in [1.165, 1.54) is 12.0 Å². The number of alkyl halides is 6. The van der Waals surface area contributed by atoms with E-state index in [0.29, 0.717) is 47.7 Å². The number of hydrogen-bond donors (Lipinski definition) is 1. The molecule has 4 aliphatic rings. The van der Waals surface area contributed by atoms with Crippen LogP contribution >= 0.6 is 0 Å². The van der Waals surface area contributed by atoms with Gasteiger partial charge in [-0.2, -0.15) is 26.3 Å². The van der Waals surface area contributed by atoms with Crippen molar-refractivity contribution in [3.05, 3.63) is 64.9 Å². The largest absolute Gasteiger partial charge is 0.496 e. The van der Waals surface area contributed by atoms with Gasteiger partial charge in [-0.25, -0.2) is 9.78 Å². The minimum absolute atomic E-state index is 0.0163. The Morgan fingerprint density at radius 1 is 1.06 bits per heavy atom. The second kappa shape index (κ2) is 12.7. The van der Waals surface area contributed by atoms with Crippen LogP contribution in [-0.2, 0) is 16.1 Å². The Morgan fingerprint density at radius 2 is 1.81 bits per heavy atom. The zero-order valence-corrected chi connectivity index (χ0v) is 26.3. The zero-order chi connectivity index (χ0) is 34.5. The molecule has 5 unspecified atom stereocenters. The first-order valence-corrected chi connectivity index (χ1v) is 15.8. The van der Waals surface area contributed by atoms with Gasteiger partial charge in [-0.3, -0.25) is 9.69 Å². The minimum atomic E-state index is -5.02. The van der Waals surface area contributed by atoms with Crippen LogP contribution in [0.25, 0.3) is 11.1 Å². The Balaban J connectivity index is 1.33. The summed E-state index contributed by atoms with van der Waals surface area (Å²) in [6, 6.07) is 8.46. The molecule has 5 atom stereocenters. The number of hydrogen-bond acceptors (Lipinski definition) is 6. The quantitative estimate of drug-likeness (QED) is 0.287. The fourth-order valence-electron chi connectivity index (χ4n) is 7.14. The van der Waals surface area contributed by atoms with Crippen LogP contribution in [0, 0.1) is 11.8 Å². The predicted molar refractivity (Wildman–Crippen MR) is 162 cm³/mol. The molecule has 1 aromatic carbocycles. The number of aromatic nitrogens is 1. The maximum atomic E-state index is 13.7. The molecule has 258 valence electrons. The average Bonchev–Trinajstić information content (AvgIpc) is 3.61. The number of amides is 1. The molecule has 1 saturated carbocycles. The number of halogens is 6. The number of nitrogens with zero attached hydrogens (tertiary/aromatic N) is 3. The van der Waals surface area contributed by atoms with Crippen molar-refractivity contribution in [2.75, 3.05) is 25.1 Å². The molecule has 0 bridgehead atoms. The van der Waals surface area contributed by atoms with Gasteiger partial charge in [-0.1, -0.05) is 12.1 Å². The first-order valence-electron chi connectivity index (χ1n) is 15.8. The van der Waals surface area contributed by atoms with E-state index in [9.17, 15) is 41.0 Å². The van der Waals surface area contributed by atoms with Crippen molar-refractivity contribution in [3.63, 3.8) is 0 Å². The van der Waals surface area contributed by atoms with Crippen molar-refractivity contribution < 1.29 is 50.5 Å². The fourth-order valence-corrected chi connectivity index (χ4v) is 7.14. The molecule has 1 N–H and O–H groups in total. The summed E-state index contributed by atoms with van der Waals surface area (Å²) in [7, 11) is 1.51. The SMILES string of the molecule is COc1ccc(C2CCC(C(=O)O)C2)cc1-c1ccc(N2CCC2)nc1CN1C(=O)OC(C2C=C(C(F)(F)F)C=C(C(F)(F)F)C2)C1C. The normalized spacial score (nSPS) is 26.2. The molecule has 3 fully saturated rings. The highest BCUT2D eigenvalue weighted by molar-refractivity contribution is 5.76. The summed E-state index contributed by atoms with van der Waals surface area (Å²) < 4.78 is 93.1. The lowest BCUT2D eigenvalue weighted by atomic mass is 9.83. The van der Waals surface area contributed by atoms with Gasteiger partial charge in [0.1, 0.15) is 17.7 Å². The van der Waals surface area contributed by atoms with Crippen molar-refractivity contribution in [2.24, 2.45) is 11.8 Å². The highest BCUT2D eigenvalue weighted by Crippen LogP contribution is 2.45. The number of benzene rings is 1. The van der Waals surface area contributed by atoms with Gasteiger partial charge in [0.05, 0.1) is 36.9 Å². The number of carboxylic acid groups (broad SMARTS) is 1. The van der Waals surface area contributed by atoms with Gasteiger partial charge < -0.3 is 19.5 Å². The maximum Gasteiger partial charge on any atom is 0.416 e. The number of allylic oxidation sites excluding steroid dienone is 3. The summed E-state index contributed by atoms with van der Waals surface area (Å²) in [4.78, 5) is 33.1. The second-order valence-corrected chi connectivity index (χ2v) is 12.9. The molecule has 0 radical (unpaired) electrons. The van der Waals surface area contributed by atoms with Gasteiger partial charge in [0, 0.05) is 35.7 Å². The van der Waals surface area contributed by atoms with E-state index in [0.717, 1.165) is 31.1 Å². The van der Waals surface area contributed by atoms with Crippen molar-refractivity contribution in [2.45, 2.75) is 76.0 Å². The van der Waals surface area contributed by atoms with Crippen LogP contribution < -0.4 is 9.64 Å². The summed E-state index contributed by atoms with van der Waals surface area (Å²) in [5.41, 5.74) is -0.108. The number of methoxy groups -OCH3 is 1. The lowest BCUT2D eigenvalue weighted by Gasteiger charge is -2.33. The first-order chi connectivity index (χ1) is 22.6. The van der Waals surface area contributed by atoms with Gasteiger partial charge in [-0.05, 0) is 80.9 Å². The van der Waals surface area contributed by atoms with E-state index in [2.05, 4.69) is 4.90 Å². The zero-order valence-electron chi connectivity index (χ0n) is 26.3. The van der Waals surface area contributed by atoms with Crippen LogP contribution in [0.5, 0.6) is 5.75 Å². The molecule has 48 heavy (non-hydrogen) atoms. The smallest absolute Gasteiger partial charge is 0.416 e. The third-order valence-corrected chi connectivity index (χ3v) is 9.96. The molecule has 2 aliphatic heterocycles. The summed E-state index contributed by atoms with van der Waals surface area (Å²) in [5.74, 6) is -1.42. The van der Waals surface area contributed by atoms with Crippen LogP contribution in [0.15, 0.2) is 53.6 Å². The van der Waals surface area contributed by atoms with Gasteiger partial charge in [0.15, 0.2) is 0 Å². The Kier molecular flexibility index (Phi) is 8.88. The summed E-state index contributed by atoms with van der Waals surface area (Å²) >= 11 is 0. The standard InChI is InChI=1S/C34H35F6N3O5/c1-18-30(22-13-23(33(35,36)37)16-24(14-22)34(38,39)40)48-32(46)43(18)17-27-25(7-9-29(41-27)42-10-3-11-42)26-15-20(6-8-28(26)47-2)19-4-5-21(12-19)31(44)45/h6-9,13,15-16,18-19,21-22,30H,3-5,10-12,14,17H2,1-2H3,(H,44,45). The van der Waals surface area contributed by atoms with E-state index in [4.69, 9.17) is 14.5 Å². The van der Waals surface area contributed by atoms with Crippen molar-refractivity contribution in [1.29, 1.82) is 0 Å². The Bertz CT molecular complexity index is 1650. The molecule has 2 aromatic rings. The third kappa shape index (κ3) is 6.57. The molecular formula is C34H35F6N3O5. The molecule has 0 spiro atoms. The number of aliphatic carboxylic acids is 1. The first kappa shape index (κ1) is 33.7. The van der Waals surface area contributed by atoms with Crippen LogP contribution in [0.3, 0.4) is 0 Å². The summed E-state index contributed by atoms with van der Waals surface area (Å²) in [5, 5.41) is 9.52. The van der Waals surface area contributed by atoms with E-state index < -0.39 is 66.0 Å². The topological polar surface area (TPSA) is 92.2 Å². The van der Waals surface area contributed by atoms with Crippen molar-refractivity contribution in [1.82, 2.24) is 9.88 Å². The number of cyclic esters (lactones) is 1. The van der Waals surface area contributed by atoms with E-state index in [1.807, 2.05) is 24.3 Å². The fraction of sp³-hybridized carbons (Fsp3) is 0.500. The molecule has 1 amide bonds. The number of carboxylic acids is 1. The molecule has 2 aliphatic carbocycles. The molecule has 2 saturated heterocycles. The van der Waals surface area contributed by atoms with Crippen LogP contribution in [0.4, 0.5) is 37.0 Å². The second-order valence-electron chi connectivity index (χ2n) is 12.9. The Hall–Kier alpha value is -4.23. The van der Waals surface area contributed by atoms with Crippen molar-refractivity contribution in [3.8, 4) is 16.9 Å². The lowest BCUT2D eigenvalue weighted by Crippen LogP contribution is -2.39. The average molecular weight is 680 g/mol. The summed E-state index contributed by atoms with van der Waals surface area (Å²) in [6.45, 7) is 2.98. The Labute approximate surface area is 273 Å². The van der Waals surface area contributed by atoms with E-state index >= 15 is 0 Å². The number of ether oxygens (including phenoxy) is 2. The molecule has 6 rings (SSSR count). The summed E-state index contributed by atoms with van der Waals surface area (Å²) in [6.07, 6.45) is -9.33. The number of carbonyl (C=O) groups excluding carboxylic acids is 1. The highest BCUT2D eigenvalue weighted by atomic mass is 19.4. The number of anilines is 1. The number of rotatable bonds is 8. The van der Waals surface area contributed by atoms with Crippen LogP contribution in [0.2, 0.25) is 0 Å². The van der Waals surface area contributed by atoms with Crippen LogP contribution in [0.1, 0.15) is 56.2 Å². The highest BCUT2D eigenvalue weighted by Gasteiger charge is 2.48. The number of pyridine rings is 1. The van der Waals surface area contributed by atoms with Crippen LogP contribution in [-0.4, -0.2) is 71.8 Å². The van der Waals surface area contributed by atoms with Gasteiger partial charge in [0.2, 0.25) is 0 Å². The van der Waals surface area contributed by atoms with Gasteiger partial charge in [-0.15, -0.1) is 0 Å². The molecule has 8 nitrogen and oxygen atoms in total. The van der Waals surface area contributed by atoms with E-state index in [1.54, 1.807) is 13.0 Å². The molecular weight excluding hydrogens is 644 g/mol. The monoisotopic (exact) mass is 679 g/mol. The van der Waals surface area contributed by atoms with Gasteiger partial charge in [0.25, 0.3) is 0 Å². The molecule has 3 heterocycles. The number of carbonyl (C=O) groups is 2. The van der Waals surface area contributed by atoms with E-state index in [-0.39, 0.29) is 18.5 Å². The molecule has 14 heteroatoms. The minimum Gasteiger partial charge on any atom is -0.496 e. The predicted octanol–water partition coefficient (Wildman–Crippen LogP) is 7.64.